The van der Waals surface area contributed by atoms with Crippen LogP contribution in [0.2, 0.25) is 0 Å². The number of ether oxygens (including phenoxy) is 4. The monoisotopic (exact) mass is 499 g/mol. The van der Waals surface area contributed by atoms with Gasteiger partial charge in [-0.25, -0.2) is 8.78 Å². The van der Waals surface area contributed by atoms with Crippen LogP contribution in [0, 0.1) is 11.6 Å². The number of benzene rings is 2. The Balaban J connectivity index is 1.36. The Hall–Kier alpha value is -4.48. The van der Waals surface area contributed by atoms with Crippen molar-refractivity contribution in [3.63, 3.8) is 0 Å². The molecule has 2 aromatic heterocycles. The van der Waals surface area contributed by atoms with Crippen LogP contribution >= 0.6 is 0 Å². The Morgan fingerprint density at radius 3 is 2.61 bits per heavy atom. The minimum absolute atomic E-state index is 0.102. The van der Waals surface area contributed by atoms with Crippen molar-refractivity contribution in [3.05, 3.63) is 60.2 Å². The van der Waals surface area contributed by atoms with Gasteiger partial charge >= 0.3 is 0 Å². The molecule has 4 aromatic rings. The lowest BCUT2D eigenvalue weighted by Crippen LogP contribution is -2.38. The summed E-state index contributed by atoms with van der Waals surface area (Å²) in [5, 5.41) is 15.4. The summed E-state index contributed by atoms with van der Waals surface area (Å²) in [4.78, 5) is 12.2. The van der Waals surface area contributed by atoms with Gasteiger partial charge in [-0.05, 0) is 37.3 Å². The highest BCUT2D eigenvalue weighted by Crippen LogP contribution is 2.32. The third-order valence-electron chi connectivity index (χ3n) is 5.11. The van der Waals surface area contributed by atoms with Crippen LogP contribution in [-0.2, 0) is 4.79 Å². The molecule has 0 saturated carbocycles. The minimum atomic E-state index is -1.00. The van der Waals surface area contributed by atoms with Gasteiger partial charge in [-0.2, -0.15) is 4.52 Å². The summed E-state index contributed by atoms with van der Waals surface area (Å²) in [6.45, 7) is 1.69. The summed E-state index contributed by atoms with van der Waals surface area (Å²) in [6, 6.07) is 11.5. The van der Waals surface area contributed by atoms with Gasteiger partial charge in [0.05, 0.1) is 26.3 Å². The number of hydrogen-bond acceptors (Lipinski definition) is 8. The van der Waals surface area contributed by atoms with E-state index in [0.29, 0.717) is 34.6 Å². The smallest absolute Gasteiger partial charge is 0.260 e. The lowest BCUT2D eigenvalue weighted by Gasteiger charge is -2.15. The topological polar surface area (TPSA) is 109 Å². The van der Waals surface area contributed by atoms with Crippen LogP contribution in [0.3, 0.4) is 0 Å². The molecule has 0 saturated heterocycles. The zero-order valence-corrected chi connectivity index (χ0v) is 19.7. The highest BCUT2D eigenvalue weighted by molar-refractivity contribution is 5.80. The Bertz CT molecular complexity index is 1380. The van der Waals surface area contributed by atoms with Gasteiger partial charge in [-0.15, -0.1) is 15.3 Å². The van der Waals surface area contributed by atoms with Crippen LogP contribution in [0.25, 0.3) is 17.0 Å². The molecular weight excluding hydrogens is 476 g/mol. The molecule has 1 unspecified atom stereocenters. The molecule has 1 amide bonds. The molecule has 0 aliphatic heterocycles. The first kappa shape index (κ1) is 24.6. The fourth-order valence-electron chi connectivity index (χ4n) is 3.29. The van der Waals surface area contributed by atoms with Crippen LogP contribution in [0.15, 0.2) is 48.5 Å². The molecular formula is C24H23F2N5O5. The predicted molar refractivity (Wildman–Crippen MR) is 124 cm³/mol. The largest absolute Gasteiger partial charge is 0.497 e. The Morgan fingerprint density at radius 2 is 1.86 bits per heavy atom. The lowest BCUT2D eigenvalue weighted by atomic mass is 10.2. The van der Waals surface area contributed by atoms with Crippen molar-refractivity contribution in [2.75, 3.05) is 27.4 Å². The van der Waals surface area contributed by atoms with Crippen LogP contribution in [0.4, 0.5) is 8.78 Å². The van der Waals surface area contributed by atoms with Gasteiger partial charge in [0.25, 0.3) is 5.91 Å². The second kappa shape index (κ2) is 10.8. The molecule has 12 heteroatoms. The van der Waals surface area contributed by atoms with Crippen LogP contribution < -0.4 is 24.3 Å². The van der Waals surface area contributed by atoms with E-state index in [1.165, 1.54) is 11.4 Å². The summed E-state index contributed by atoms with van der Waals surface area (Å²) in [5.74, 6) is -0.431. The Labute approximate surface area is 204 Å². The molecule has 1 N–H and O–H groups in total. The normalized spacial score (nSPS) is 11.7. The molecule has 188 valence electrons. The molecule has 0 fully saturated rings. The van der Waals surface area contributed by atoms with Gasteiger partial charge in [-0.3, -0.25) is 4.79 Å². The quantitative estimate of drug-likeness (QED) is 0.332. The molecule has 0 bridgehead atoms. The molecule has 2 heterocycles. The number of nitrogens with one attached hydrogen (secondary N) is 1. The maximum Gasteiger partial charge on any atom is 0.260 e. The molecule has 1 atom stereocenters. The molecule has 0 aliphatic rings. The van der Waals surface area contributed by atoms with Crippen LogP contribution in [0.5, 0.6) is 23.1 Å². The van der Waals surface area contributed by atoms with Gasteiger partial charge in [-0.1, -0.05) is 0 Å². The highest BCUT2D eigenvalue weighted by atomic mass is 19.1. The number of fused-ring (bicyclic) bond motifs is 1. The molecule has 4 rings (SSSR count). The zero-order chi connectivity index (χ0) is 25.7. The maximum atomic E-state index is 13.7. The van der Waals surface area contributed by atoms with Crippen molar-refractivity contribution in [1.29, 1.82) is 0 Å². The van der Waals surface area contributed by atoms with E-state index < -0.39 is 23.6 Å². The molecule has 0 radical (unpaired) electrons. The Kier molecular flexibility index (Phi) is 7.42. The van der Waals surface area contributed by atoms with E-state index in [1.54, 1.807) is 44.6 Å². The van der Waals surface area contributed by atoms with E-state index in [2.05, 4.69) is 20.6 Å². The van der Waals surface area contributed by atoms with Gasteiger partial charge in [0.2, 0.25) is 5.88 Å². The van der Waals surface area contributed by atoms with Crippen molar-refractivity contribution in [2.45, 2.75) is 13.0 Å². The fraction of sp³-hybridized carbons (Fsp3) is 0.250. The zero-order valence-electron chi connectivity index (χ0n) is 19.7. The number of hydrogen-bond donors (Lipinski definition) is 1. The summed E-state index contributed by atoms with van der Waals surface area (Å²) in [7, 11) is 3.10. The maximum absolute atomic E-state index is 13.7. The summed E-state index contributed by atoms with van der Waals surface area (Å²) in [5.41, 5.74) is 1.16. The predicted octanol–water partition coefficient (Wildman–Crippen LogP) is 3.05. The average molecular weight is 499 g/mol. The second-order valence-corrected chi connectivity index (χ2v) is 7.51. The number of carbonyl (C=O) groups is 1. The Morgan fingerprint density at radius 1 is 1.03 bits per heavy atom. The first-order valence-electron chi connectivity index (χ1n) is 10.9. The van der Waals surface area contributed by atoms with Crippen molar-refractivity contribution in [3.8, 4) is 34.5 Å². The number of nitrogens with zero attached hydrogens (tertiary/aromatic N) is 4. The number of rotatable bonds is 10. The number of halogens is 2. The number of carbonyl (C=O) groups excluding carboxylic acids is 1. The van der Waals surface area contributed by atoms with Crippen molar-refractivity contribution >= 4 is 11.6 Å². The van der Waals surface area contributed by atoms with Gasteiger partial charge in [0.15, 0.2) is 29.1 Å². The third-order valence-corrected chi connectivity index (χ3v) is 5.11. The van der Waals surface area contributed by atoms with E-state index in [-0.39, 0.29) is 24.8 Å². The minimum Gasteiger partial charge on any atom is -0.497 e. The molecule has 0 spiro atoms. The molecule has 10 nitrogen and oxygen atoms in total. The highest BCUT2D eigenvalue weighted by Gasteiger charge is 2.18. The average Bonchev–Trinajstić information content (AvgIpc) is 3.30. The summed E-state index contributed by atoms with van der Waals surface area (Å²) < 4.78 is 49.9. The van der Waals surface area contributed by atoms with Crippen molar-refractivity contribution in [1.82, 2.24) is 25.1 Å². The third kappa shape index (κ3) is 5.43. The summed E-state index contributed by atoms with van der Waals surface area (Å²) in [6.07, 6.45) is -1.00. The van der Waals surface area contributed by atoms with Crippen LogP contribution in [0.1, 0.15) is 6.92 Å². The van der Waals surface area contributed by atoms with Gasteiger partial charge in [0.1, 0.15) is 23.9 Å². The number of methoxy groups -OCH3 is 2. The lowest BCUT2D eigenvalue weighted by molar-refractivity contribution is -0.127. The van der Waals surface area contributed by atoms with Gasteiger partial charge in [0, 0.05) is 18.2 Å². The first-order chi connectivity index (χ1) is 17.4. The van der Waals surface area contributed by atoms with E-state index in [4.69, 9.17) is 18.9 Å². The molecule has 36 heavy (non-hydrogen) atoms. The number of aromatic nitrogens is 4. The van der Waals surface area contributed by atoms with E-state index in [0.717, 1.165) is 12.1 Å². The first-order valence-corrected chi connectivity index (χ1v) is 10.9. The standard InChI is InChI=1S/C24H23F2N5O5/c1-14(36-19-7-4-15(25)12-18(19)26)24(32)27-10-11-35-22-9-8-21-28-29-23(31(21)30-22)17-6-5-16(33-2)13-20(17)34-3/h4-9,12-14H,10-11H2,1-3H3,(H,27,32). The number of amides is 1. The molecule has 2 aromatic carbocycles. The fourth-order valence-corrected chi connectivity index (χ4v) is 3.29. The van der Waals surface area contributed by atoms with E-state index in [9.17, 15) is 13.6 Å². The SMILES string of the molecule is COc1ccc(-c2nnc3ccc(OCCNC(=O)C(C)Oc4ccc(F)cc4F)nn23)c(OC)c1. The van der Waals surface area contributed by atoms with Gasteiger partial charge < -0.3 is 24.3 Å². The molecule has 0 aliphatic carbocycles. The van der Waals surface area contributed by atoms with E-state index in [1.807, 2.05) is 0 Å². The van der Waals surface area contributed by atoms with E-state index >= 15 is 0 Å². The second-order valence-electron chi connectivity index (χ2n) is 7.51. The van der Waals surface area contributed by atoms with Crippen molar-refractivity contribution in [2.24, 2.45) is 0 Å². The van der Waals surface area contributed by atoms with Crippen molar-refractivity contribution < 1.29 is 32.5 Å². The summed E-state index contributed by atoms with van der Waals surface area (Å²) >= 11 is 0. The van der Waals surface area contributed by atoms with Crippen LogP contribution in [-0.4, -0.2) is 59.2 Å².